The Morgan fingerprint density at radius 1 is 1.04 bits per heavy atom. The van der Waals surface area contributed by atoms with Gasteiger partial charge in [-0.25, -0.2) is 19.6 Å². The predicted octanol–water partition coefficient (Wildman–Crippen LogP) is 4.90. The van der Waals surface area contributed by atoms with E-state index in [1.54, 1.807) is 36.7 Å². The van der Waals surface area contributed by atoms with Crippen molar-refractivity contribution in [1.82, 2.24) is 25.5 Å². The van der Waals surface area contributed by atoms with Crippen LogP contribution < -0.4 is 21.6 Å². The Morgan fingerprint density at radius 2 is 1.77 bits per heavy atom. The number of aryl methyl sites for hydroxylation is 1. The zero-order valence-corrected chi connectivity index (χ0v) is 27.8. The third-order valence-corrected chi connectivity index (χ3v) is 8.50. The normalized spacial score (nSPS) is 16.9. The van der Waals surface area contributed by atoms with Crippen LogP contribution >= 0.6 is 0 Å². The Hall–Kier alpha value is -5.10. The maximum Gasteiger partial charge on any atom is 0.407 e. The lowest BCUT2D eigenvalue weighted by Crippen LogP contribution is -2.50. The smallest absolute Gasteiger partial charge is 0.407 e. The predicted molar refractivity (Wildman–Crippen MR) is 183 cm³/mol. The van der Waals surface area contributed by atoms with E-state index < -0.39 is 29.3 Å². The first-order chi connectivity index (χ1) is 22.9. The van der Waals surface area contributed by atoms with Gasteiger partial charge in [0.15, 0.2) is 5.82 Å². The maximum atomic E-state index is 14.2. The van der Waals surface area contributed by atoms with Crippen molar-refractivity contribution in [3.05, 3.63) is 88.6 Å². The number of nitrogens with two attached hydrogens (primary N) is 1. The molecule has 252 valence electrons. The summed E-state index contributed by atoms with van der Waals surface area (Å²) in [6.07, 6.45) is 5.89. The van der Waals surface area contributed by atoms with Gasteiger partial charge in [-0.3, -0.25) is 19.6 Å². The molecular weight excluding hydrogens is 610 g/mol. The van der Waals surface area contributed by atoms with Gasteiger partial charge in [-0.2, -0.15) is 5.10 Å². The van der Waals surface area contributed by atoms with Crippen LogP contribution in [0.3, 0.4) is 0 Å². The molecule has 0 spiro atoms. The SMILES string of the molecule is Cc1cnccc1-c1cccc(C[C@H](N)C(=O)N(C(=O)C2CCC(CNC(=O)OC(C)(C)C)CC2)c2ccc(-c3n[nH]c(=O)[nH]3)cc2)c1. The van der Waals surface area contributed by atoms with Crippen LogP contribution in [0.4, 0.5) is 10.5 Å². The summed E-state index contributed by atoms with van der Waals surface area (Å²) < 4.78 is 5.35. The molecule has 0 radical (unpaired) electrons. The molecule has 2 aromatic heterocycles. The summed E-state index contributed by atoms with van der Waals surface area (Å²) in [5.74, 6) is -0.662. The van der Waals surface area contributed by atoms with Crippen LogP contribution in [0.1, 0.15) is 57.6 Å². The minimum absolute atomic E-state index is 0.194. The number of nitrogens with one attached hydrogen (secondary N) is 3. The number of alkyl carbamates (subject to hydrolysis) is 1. The van der Waals surface area contributed by atoms with Gasteiger partial charge in [-0.15, -0.1) is 0 Å². The molecule has 1 aliphatic carbocycles. The Bertz CT molecular complexity index is 1800. The highest BCUT2D eigenvalue weighted by atomic mass is 16.6. The molecule has 4 aromatic rings. The van der Waals surface area contributed by atoms with E-state index >= 15 is 0 Å². The van der Waals surface area contributed by atoms with Gasteiger partial charge in [0.2, 0.25) is 5.91 Å². The summed E-state index contributed by atoms with van der Waals surface area (Å²) in [4.78, 5) is 60.0. The van der Waals surface area contributed by atoms with Gasteiger partial charge in [0, 0.05) is 30.4 Å². The number of aromatic nitrogens is 4. The van der Waals surface area contributed by atoms with Crippen LogP contribution in [0.5, 0.6) is 0 Å². The van der Waals surface area contributed by atoms with Gasteiger partial charge in [-0.05, 0) is 118 Å². The average Bonchev–Trinajstić information content (AvgIpc) is 3.50. The molecule has 2 heterocycles. The topological polar surface area (TPSA) is 176 Å². The summed E-state index contributed by atoms with van der Waals surface area (Å²) in [6, 6.07) is 15.5. The number of hydrogen-bond donors (Lipinski definition) is 4. The van der Waals surface area contributed by atoms with E-state index in [0.29, 0.717) is 49.3 Å². The maximum absolute atomic E-state index is 14.2. The van der Waals surface area contributed by atoms with Gasteiger partial charge in [-0.1, -0.05) is 24.3 Å². The van der Waals surface area contributed by atoms with E-state index in [-0.39, 0.29) is 24.2 Å². The number of hydrogen-bond acceptors (Lipinski definition) is 8. The fourth-order valence-corrected chi connectivity index (χ4v) is 6.05. The molecule has 1 saturated carbocycles. The standard InChI is InChI=1S/C36H43N7O5/c1-22-20-38-17-16-29(22)27-7-5-6-24(18-27)19-30(37)33(45)43(28-14-12-25(13-15-28)31-40-34(46)42-41-31)32(44)26-10-8-23(9-11-26)21-39-35(47)48-36(2,3)4/h5-7,12-18,20,23,26,30H,8-11,19,21,37H2,1-4H3,(H,39,47)(H2,40,41,42,46)/t23?,26?,30-/m0/s1. The average molecular weight is 654 g/mol. The molecule has 5 N–H and O–H groups in total. The van der Waals surface area contributed by atoms with Crippen molar-refractivity contribution in [1.29, 1.82) is 0 Å². The number of rotatable bonds is 9. The van der Waals surface area contributed by atoms with Gasteiger partial charge in [0.05, 0.1) is 11.7 Å². The second-order valence-electron chi connectivity index (χ2n) is 13.4. The van der Waals surface area contributed by atoms with Crippen LogP contribution in [-0.2, 0) is 20.7 Å². The first kappa shape index (κ1) is 34.2. The molecule has 48 heavy (non-hydrogen) atoms. The van der Waals surface area contributed by atoms with E-state index in [1.165, 1.54) is 4.90 Å². The molecule has 0 aliphatic heterocycles. The second-order valence-corrected chi connectivity index (χ2v) is 13.4. The lowest BCUT2D eigenvalue weighted by atomic mass is 9.81. The number of imide groups is 1. The number of anilines is 1. The summed E-state index contributed by atoms with van der Waals surface area (Å²) in [5.41, 5.74) is 10.5. The van der Waals surface area contributed by atoms with Crippen LogP contribution in [-0.4, -0.2) is 56.3 Å². The van der Waals surface area contributed by atoms with E-state index in [2.05, 4.69) is 25.5 Å². The molecular formula is C36H43N7O5. The Labute approximate surface area is 279 Å². The van der Waals surface area contributed by atoms with Gasteiger partial charge in [0.25, 0.3) is 5.91 Å². The molecule has 1 atom stereocenters. The number of carbonyl (C=O) groups excluding carboxylic acids is 3. The van der Waals surface area contributed by atoms with E-state index in [4.69, 9.17) is 10.5 Å². The number of ether oxygens (including phenoxy) is 1. The molecule has 12 nitrogen and oxygen atoms in total. The van der Waals surface area contributed by atoms with Crippen molar-refractivity contribution in [2.45, 2.75) is 71.4 Å². The number of amides is 3. The second kappa shape index (κ2) is 14.8. The fraction of sp³-hybridized carbons (Fsp3) is 0.389. The van der Waals surface area contributed by atoms with E-state index in [9.17, 15) is 19.2 Å². The first-order valence-corrected chi connectivity index (χ1v) is 16.2. The number of benzene rings is 2. The largest absolute Gasteiger partial charge is 0.444 e. The lowest BCUT2D eigenvalue weighted by Gasteiger charge is -2.32. The Balaban J connectivity index is 1.32. The minimum Gasteiger partial charge on any atom is -0.444 e. The fourth-order valence-electron chi connectivity index (χ4n) is 6.05. The number of nitrogens with zero attached hydrogens (tertiary/aromatic N) is 3. The molecule has 1 fully saturated rings. The zero-order valence-electron chi connectivity index (χ0n) is 27.8. The van der Waals surface area contributed by atoms with E-state index in [0.717, 1.165) is 22.3 Å². The molecule has 0 bridgehead atoms. The van der Waals surface area contributed by atoms with Crippen molar-refractivity contribution in [3.63, 3.8) is 0 Å². The third-order valence-electron chi connectivity index (χ3n) is 8.50. The summed E-state index contributed by atoms with van der Waals surface area (Å²) in [6.45, 7) is 7.89. The quantitative estimate of drug-likeness (QED) is 0.197. The van der Waals surface area contributed by atoms with Crippen LogP contribution in [0.25, 0.3) is 22.5 Å². The minimum atomic E-state index is -0.987. The van der Waals surface area contributed by atoms with Crippen LogP contribution in [0.15, 0.2) is 71.8 Å². The van der Waals surface area contributed by atoms with Crippen molar-refractivity contribution in [3.8, 4) is 22.5 Å². The van der Waals surface area contributed by atoms with Gasteiger partial charge < -0.3 is 15.8 Å². The van der Waals surface area contributed by atoms with Crippen molar-refractivity contribution >= 4 is 23.6 Å². The molecule has 2 aromatic carbocycles. The highest BCUT2D eigenvalue weighted by molar-refractivity contribution is 6.17. The third kappa shape index (κ3) is 8.62. The number of pyridine rings is 1. The highest BCUT2D eigenvalue weighted by Crippen LogP contribution is 2.32. The lowest BCUT2D eigenvalue weighted by molar-refractivity contribution is -0.130. The highest BCUT2D eigenvalue weighted by Gasteiger charge is 2.35. The monoisotopic (exact) mass is 653 g/mol. The first-order valence-electron chi connectivity index (χ1n) is 16.2. The number of H-pyrrole nitrogens is 2. The van der Waals surface area contributed by atoms with Gasteiger partial charge >= 0.3 is 11.8 Å². The van der Waals surface area contributed by atoms with Crippen LogP contribution in [0, 0.1) is 18.8 Å². The van der Waals surface area contributed by atoms with Crippen molar-refractivity contribution in [2.24, 2.45) is 17.6 Å². The molecule has 3 amide bonds. The molecule has 1 aliphatic rings. The summed E-state index contributed by atoms with van der Waals surface area (Å²) in [7, 11) is 0. The van der Waals surface area contributed by atoms with Crippen molar-refractivity contribution < 1.29 is 19.1 Å². The van der Waals surface area contributed by atoms with Crippen LogP contribution in [0.2, 0.25) is 0 Å². The molecule has 0 unspecified atom stereocenters. The summed E-state index contributed by atoms with van der Waals surface area (Å²) >= 11 is 0. The molecule has 5 rings (SSSR count). The van der Waals surface area contributed by atoms with Gasteiger partial charge in [0.1, 0.15) is 5.60 Å². The Kier molecular flexibility index (Phi) is 10.5. The Morgan fingerprint density at radius 3 is 2.42 bits per heavy atom. The molecule has 12 heteroatoms. The summed E-state index contributed by atoms with van der Waals surface area (Å²) in [5, 5.41) is 9.14. The number of carbonyl (C=O) groups is 3. The zero-order chi connectivity index (χ0) is 34.4. The van der Waals surface area contributed by atoms with E-state index in [1.807, 2.05) is 58.0 Å². The van der Waals surface area contributed by atoms with Crippen molar-refractivity contribution in [2.75, 3.05) is 11.4 Å². The number of aromatic amines is 2. The molecule has 0 saturated heterocycles.